The first-order valence-corrected chi connectivity index (χ1v) is 9.77. The SMILES string of the molecule is COc1cc(C=C2SC(=O)N(C)C2=O)cc(Br)c1OCc1cccc(C)c1. The highest BCUT2D eigenvalue weighted by molar-refractivity contribution is 9.10. The lowest BCUT2D eigenvalue weighted by molar-refractivity contribution is -0.121. The predicted octanol–water partition coefficient (Wildman–Crippen LogP) is 5.01. The van der Waals surface area contributed by atoms with Gasteiger partial charge in [0.05, 0.1) is 16.5 Å². The first-order chi connectivity index (χ1) is 12.9. The third kappa shape index (κ3) is 4.36. The molecule has 0 aliphatic carbocycles. The van der Waals surface area contributed by atoms with E-state index in [9.17, 15) is 9.59 Å². The highest BCUT2D eigenvalue weighted by Crippen LogP contribution is 2.39. The minimum Gasteiger partial charge on any atom is -0.493 e. The summed E-state index contributed by atoms with van der Waals surface area (Å²) in [6, 6.07) is 11.7. The minimum atomic E-state index is -0.306. The number of carbonyl (C=O) groups is 2. The molecule has 0 saturated carbocycles. The zero-order chi connectivity index (χ0) is 19.6. The van der Waals surface area contributed by atoms with Crippen LogP contribution in [0.3, 0.4) is 0 Å². The Bertz CT molecular complexity index is 942. The lowest BCUT2D eigenvalue weighted by atomic mass is 10.1. The van der Waals surface area contributed by atoms with Crippen molar-refractivity contribution < 1.29 is 19.1 Å². The molecule has 3 rings (SSSR count). The van der Waals surface area contributed by atoms with E-state index >= 15 is 0 Å². The summed E-state index contributed by atoms with van der Waals surface area (Å²) in [5.74, 6) is 0.818. The lowest BCUT2D eigenvalue weighted by Crippen LogP contribution is -2.22. The van der Waals surface area contributed by atoms with Crippen molar-refractivity contribution in [3.8, 4) is 11.5 Å². The maximum absolute atomic E-state index is 12.1. The molecular weight excluding hydrogens is 430 g/mol. The van der Waals surface area contributed by atoms with Gasteiger partial charge < -0.3 is 9.47 Å². The number of methoxy groups -OCH3 is 1. The molecule has 0 unspecified atom stereocenters. The molecule has 7 heteroatoms. The lowest BCUT2D eigenvalue weighted by Gasteiger charge is -2.14. The normalized spacial score (nSPS) is 15.6. The molecule has 2 aromatic rings. The van der Waals surface area contributed by atoms with Gasteiger partial charge in [0.1, 0.15) is 6.61 Å². The molecule has 0 spiro atoms. The van der Waals surface area contributed by atoms with E-state index in [0.29, 0.717) is 27.5 Å². The van der Waals surface area contributed by atoms with Gasteiger partial charge in [0.25, 0.3) is 11.1 Å². The number of benzene rings is 2. The summed E-state index contributed by atoms with van der Waals surface area (Å²) in [5, 5.41) is -0.282. The Labute approximate surface area is 170 Å². The van der Waals surface area contributed by atoms with Gasteiger partial charge in [-0.05, 0) is 64.0 Å². The Morgan fingerprint density at radius 3 is 2.63 bits per heavy atom. The zero-order valence-corrected chi connectivity index (χ0v) is 17.5. The number of carbonyl (C=O) groups excluding carboxylic acids is 2. The fourth-order valence-corrected chi connectivity index (χ4v) is 4.02. The maximum atomic E-state index is 12.1. The molecule has 2 aromatic carbocycles. The summed E-state index contributed by atoms with van der Waals surface area (Å²) in [5.41, 5.74) is 2.97. The number of aryl methyl sites for hydroxylation is 1. The van der Waals surface area contributed by atoms with Crippen LogP contribution < -0.4 is 9.47 Å². The van der Waals surface area contributed by atoms with E-state index in [1.165, 1.54) is 12.6 Å². The second-order valence-electron chi connectivity index (χ2n) is 6.05. The number of halogens is 1. The van der Waals surface area contributed by atoms with Gasteiger partial charge in [0.2, 0.25) is 0 Å². The summed E-state index contributed by atoms with van der Waals surface area (Å²) in [7, 11) is 3.03. The van der Waals surface area contributed by atoms with Crippen LogP contribution in [0.15, 0.2) is 45.8 Å². The van der Waals surface area contributed by atoms with Crippen LogP contribution in [0.1, 0.15) is 16.7 Å². The molecule has 0 bridgehead atoms. The van der Waals surface area contributed by atoms with Crippen molar-refractivity contribution in [3.05, 3.63) is 62.5 Å². The third-order valence-electron chi connectivity index (χ3n) is 4.00. The fraction of sp³-hybridized carbons (Fsp3) is 0.200. The Morgan fingerprint density at radius 1 is 1.22 bits per heavy atom. The van der Waals surface area contributed by atoms with Gasteiger partial charge in [0.15, 0.2) is 11.5 Å². The number of imide groups is 1. The second kappa shape index (κ2) is 8.19. The molecular formula is C20H18BrNO4S. The number of nitrogens with zero attached hydrogens (tertiary/aromatic N) is 1. The molecule has 1 fully saturated rings. The van der Waals surface area contributed by atoms with Crippen LogP contribution in [0.25, 0.3) is 6.08 Å². The van der Waals surface area contributed by atoms with Crippen molar-refractivity contribution in [3.63, 3.8) is 0 Å². The molecule has 1 aliphatic rings. The smallest absolute Gasteiger partial charge is 0.293 e. The van der Waals surface area contributed by atoms with Crippen molar-refractivity contribution >= 4 is 44.9 Å². The van der Waals surface area contributed by atoms with E-state index in [1.807, 2.05) is 31.2 Å². The van der Waals surface area contributed by atoms with Gasteiger partial charge >= 0.3 is 0 Å². The molecule has 1 saturated heterocycles. The molecule has 0 atom stereocenters. The van der Waals surface area contributed by atoms with Gasteiger partial charge in [0, 0.05) is 7.05 Å². The largest absolute Gasteiger partial charge is 0.493 e. The number of rotatable bonds is 5. The summed E-state index contributed by atoms with van der Waals surface area (Å²) < 4.78 is 12.1. The highest BCUT2D eigenvalue weighted by Gasteiger charge is 2.31. The third-order valence-corrected chi connectivity index (χ3v) is 5.55. The van der Waals surface area contributed by atoms with E-state index < -0.39 is 0 Å². The van der Waals surface area contributed by atoms with Crippen LogP contribution >= 0.6 is 27.7 Å². The van der Waals surface area contributed by atoms with Crippen molar-refractivity contribution in [2.75, 3.05) is 14.2 Å². The average Bonchev–Trinajstić information content (AvgIpc) is 2.87. The number of hydrogen-bond acceptors (Lipinski definition) is 5. The first kappa shape index (κ1) is 19.5. The molecule has 140 valence electrons. The van der Waals surface area contributed by atoms with Crippen LogP contribution in [0.4, 0.5) is 4.79 Å². The Hall–Kier alpha value is -2.25. The Morgan fingerprint density at radius 2 is 2.00 bits per heavy atom. The van der Waals surface area contributed by atoms with Crippen LogP contribution in [-0.2, 0) is 11.4 Å². The van der Waals surface area contributed by atoms with Gasteiger partial charge in [-0.15, -0.1) is 0 Å². The minimum absolute atomic E-state index is 0.282. The summed E-state index contributed by atoms with van der Waals surface area (Å²) in [4.78, 5) is 25.2. The van der Waals surface area contributed by atoms with E-state index in [1.54, 1.807) is 19.3 Å². The standard InChI is InChI=1S/C20H18BrNO4S/c1-12-5-4-6-13(7-12)11-26-18-15(21)8-14(9-16(18)25-3)10-17-19(23)22(2)20(24)27-17/h4-10H,11H2,1-3H3. The van der Waals surface area contributed by atoms with Crippen LogP contribution in [0, 0.1) is 6.92 Å². The topological polar surface area (TPSA) is 55.8 Å². The quantitative estimate of drug-likeness (QED) is 0.602. The van der Waals surface area contributed by atoms with Crippen LogP contribution in [0.2, 0.25) is 0 Å². The molecule has 0 aromatic heterocycles. The van der Waals surface area contributed by atoms with Gasteiger partial charge in [-0.2, -0.15) is 0 Å². The van der Waals surface area contributed by atoms with Crippen LogP contribution in [0.5, 0.6) is 11.5 Å². The predicted molar refractivity (Wildman–Crippen MR) is 110 cm³/mol. The van der Waals surface area contributed by atoms with Gasteiger partial charge in [-0.1, -0.05) is 29.8 Å². The Balaban J connectivity index is 1.85. The second-order valence-corrected chi connectivity index (χ2v) is 7.90. The Kier molecular flexibility index (Phi) is 5.92. The number of likely N-dealkylation sites (N-methyl/N-ethyl adjacent to an activating group) is 1. The molecule has 0 radical (unpaired) electrons. The monoisotopic (exact) mass is 447 g/mol. The van der Waals surface area contributed by atoms with E-state index in [-0.39, 0.29) is 11.1 Å². The number of ether oxygens (including phenoxy) is 2. The fourth-order valence-electron chi connectivity index (χ4n) is 2.62. The van der Waals surface area contributed by atoms with Crippen molar-refractivity contribution in [1.29, 1.82) is 0 Å². The zero-order valence-electron chi connectivity index (χ0n) is 15.1. The number of thioether (sulfide) groups is 1. The van der Waals surface area contributed by atoms with E-state index in [0.717, 1.165) is 27.8 Å². The molecule has 1 aliphatic heterocycles. The summed E-state index contributed by atoms with van der Waals surface area (Å²) in [6.45, 7) is 2.44. The summed E-state index contributed by atoms with van der Waals surface area (Å²) >= 11 is 4.43. The number of amides is 2. The molecule has 1 heterocycles. The van der Waals surface area contributed by atoms with Crippen molar-refractivity contribution in [1.82, 2.24) is 4.90 Å². The molecule has 2 amide bonds. The van der Waals surface area contributed by atoms with E-state index in [2.05, 4.69) is 22.0 Å². The molecule has 0 N–H and O–H groups in total. The van der Waals surface area contributed by atoms with Crippen LogP contribution in [-0.4, -0.2) is 30.2 Å². The van der Waals surface area contributed by atoms with Gasteiger partial charge in [-0.3, -0.25) is 14.5 Å². The molecule has 27 heavy (non-hydrogen) atoms. The van der Waals surface area contributed by atoms with Crippen molar-refractivity contribution in [2.45, 2.75) is 13.5 Å². The first-order valence-electron chi connectivity index (χ1n) is 8.16. The molecule has 5 nitrogen and oxygen atoms in total. The highest BCUT2D eigenvalue weighted by atomic mass is 79.9. The van der Waals surface area contributed by atoms with Gasteiger partial charge in [-0.25, -0.2) is 0 Å². The summed E-state index contributed by atoms with van der Waals surface area (Å²) in [6.07, 6.45) is 1.67. The average molecular weight is 448 g/mol. The number of hydrogen-bond donors (Lipinski definition) is 0. The van der Waals surface area contributed by atoms with Crippen molar-refractivity contribution in [2.24, 2.45) is 0 Å². The van der Waals surface area contributed by atoms with E-state index in [4.69, 9.17) is 9.47 Å². The maximum Gasteiger partial charge on any atom is 0.293 e.